The Kier molecular flexibility index (Phi) is 5.01. The summed E-state index contributed by atoms with van der Waals surface area (Å²) in [5, 5.41) is 3.24. The fourth-order valence-corrected chi connectivity index (χ4v) is 3.91. The van der Waals surface area contributed by atoms with E-state index in [2.05, 4.69) is 5.32 Å². The highest BCUT2D eigenvalue weighted by atomic mass is 35.5. The molecule has 3 N–H and O–H groups in total. The number of benzene rings is 1. The van der Waals surface area contributed by atoms with Gasteiger partial charge in [0.25, 0.3) is 5.91 Å². The maximum absolute atomic E-state index is 12.5. The molecule has 1 saturated heterocycles. The number of nitrogens with one attached hydrogen (secondary N) is 1. The van der Waals surface area contributed by atoms with Crippen molar-refractivity contribution in [1.82, 2.24) is 4.57 Å². The van der Waals surface area contributed by atoms with Gasteiger partial charge in [-0.2, -0.15) is 0 Å². The molecule has 8 heteroatoms. The lowest BCUT2D eigenvalue weighted by Gasteiger charge is -2.12. The highest BCUT2D eigenvalue weighted by Crippen LogP contribution is 2.27. The van der Waals surface area contributed by atoms with Gasteiger partial charge in [-0.05, 0) is 37.2 Å². The highest BCUT2D eigenvalue weighted by Gasteiger charge is 2.22. The number of nitrogens with two attached hydrogens (primary N) is 1. The molecule has 1 fully saturated rings. The van der Waals surface area contributed by atoms with E-state index in [9.17, 15) is 4.79 Å². The maximum Gasteiger partial charge on any atom is 0.269 e. The van der Waals surface area contributed by atoms with Crippen molar-refractivity contribution in [3.05, 3.63) is 38.1 Å². The molecule has 0 unspecified atom stereocenters. The highest BCUT2D eigenvalue weighted by molar-refractivity contribution is 7.73. The number of ether oxygens (including phenoxy) is 1. The average Bonchev–Trinajstić information content (AvgIpc) is 3.13. The van der Waals surface area contributed by atoms with Gasteiger partial charge in [-0.3, -0.25) is 4.79 Å². The first kappa shape index (κ1) is 16.4. The van der Waals surface area contributed by atoms with Crippen LogP contribution >= 0.6 is 35.2 Å². The van der Waals surface area contributed by atoms with E-state index in [1.54, 1.807) is 28.8 Å². The summed E-state index contributed by atoms with van der Waals surface area (Å²) in [6.07, 6.45) is 2.14. The van der Waals surface area contributed by atoms with E-state index in [0.717, 1.165) is 19.4 Å². The van der Waals surface area contributed by atoms with Gasteiger partial charge in [0.05, 0.1) is 23.4 Å². The van der Waals surface area contributed by atoms with Gasteiger partial charge >= 0.3 is 0 Å². The Labute approximate surface area is 148 Å². The Morgan fingerprint density at radius 1 is 1.52 bits per heavy atom. The Morgan fingerprint density at radius 3 is 3.00 bits per heavy atom. The van der Waals surface area contributed by atoms with Crippen LogP contribution < -0.4 is 11.1 Å². The zero-order valence-corrected chi connectivity index (χ0v) is 14.6. The monoisotopic (exact) mass is 369 g/mol. The van der Waals surface area contributed by atoms with Gasteiger partial charge in [-0.25, -0.2) is 0 Å². The van der Waals surface area contributed by atoms with Crippen LogP contribution in [0.4, 0.5) is 11.5 Å². The quantitative estimate of drug-likeness (QED) is 0.801. The number of amides is 1. The molecular formula is C15H16ClN3O2S2. The maximum atomic E-state index is 12.5. The third-order valence-corrected chi connectivity index (χ3v) is 5.47. The number of hydrogen-bond acceptors (Lipinski definition) is 5. The molecule has 23 heavy (non-hydrogen) atoms. The van der Waals surface area contributed by atoms with Crippen molar-refractivity contribution in [2.45, 2.75) is 25.5 Å². The summed E-state index contributed by atoms with van der Waals surface area (Å²) < 4.78 is 7.96. The Balaban J connectivity index is 1.81. The van der Waals surface area contributed by atoms with Crippen LogP contribution in [0.3, 0.4) is 0 Å². The molecule has 1 aromatic carbocycles. The first-order valence-electron chi connectivity index (χ1n) is 7.23. The molecule has 2 heterocycles. The van der Waals surface area contributed by atoms with Gasteiger partial charge in [-0.1, -0.05) is 35.1 Å². The number of anilines is 2. The second-order valence-corrected chi connectivity index (χ2v) is 7.31. The van der Waals surface area contributed by atoms with Crippen LogP contribution in [0, 0.1) is 3.95 Å². The number of halogens is 1. The number of aromatic nitrogens is 1. The van der Waals surface area contributed by atoms with Gasteiger partial charge in [0, 0.05) is 6.61 Å². The third-order valence-electron chi connectivity index (χ3n) is 3.67. The minimum Gasteiger partial charge on any atom is -0.384 e. The molecule has 1 aliphatic heterocycles. The summed E-state index contributed by atoms with van der Waals surface area (Å²) >= 11 is 12.6. The number of rotatable bonds is 4. The van der Waals surface area contributed by atoms with E-state index >= 15 is 0 Å². The van der Waals surface area contributed by atoms with Crippen LogP contribution in [0.5, 0.6) is 0 Å². The number of carbonyl (C=O) groups excluding carboxylic acids is 1. The molecule has 0 bridgehead atoms. The number of para-hydroxylation sites is 1. The molecule has 0 spiro atoms. The number of carbonyl (C=O) groups is 1. The minimum absolute atomic E-state index is 0.109. The van der Waals surface area contributed by atoms with E-state index in [4.69, 9.17) is 34.3 Å². The van der Waals surface area contributed by atoms with Crippen LogP contribution in [0.25, 0.3) is 0 Å². The van der Waals surface area contributed by atoms with E-state index in [0.29, 0.717) is 31.9 Å². The van der Waals surface area contributed by atoms with Crippen LogP contribution in [0.2, 0.25) is 5.02 Å². The summed E-state index contributed by atoms with van der Waals surface area (Å²) in [7, 11) is 0. The average molecular weight is 370 g/mol. The van der Waals surface area contributed by atoms with Crippen molar-refractivity contribution in [1.29, 1.82) is 0 Å². The normalized spacial score (nSPS) is 17.3. The van der Waals surface area contributed by atoms with E-state index in [1.807, 2.05) is 0 Å². The standard InChI is InChI=1S/C15H16ClN3O2S2/c16-10-5-1-2-6-11(10)18-14(20)12-13(17)19(15(22)23-12)8-9-4-3-7-21-9/h1-2,5-6,9H,3-4,7-8,17H2,(H,18,20)/t9-/m0/s1. The molecule has 0 radical (unpaired) electrons. The van der Waals surface area contributed by atoms with Crippen molar-refractivity contribution in [2.24, 2.45) is 0 Å². The van der Waals surface area contributed by atoms with Crippen molar-refractivity contribution < 1.29 is 9.53 Å². The molecule has 0 saturated carbocycles. The van der Waals surface area contributed by atoms with Crippen LogP contribution in [0.15, 0.2) is 24.3 Å². The lowest BCUT2D eigenvalue weighted by Crippen LogP contribution is -2.18. The molecule has 5 nitrogen and oxygen atoms in total. The minimum atomic E-state index is -0.308. The van der Waals surface area contributed by atoms with Gasteiger partial charge in [0.2, 0.25) is 0 Å². The fourth-order valence-electron chi connectivity index (χ4n) is 2.48. The van der Waals surface area contributed by atoms with Gasteiger partial charge in [0.15, 0.2) is 3.95 Å². The fraction of sp³-hybridized carbons (Fsp3) is 0.333. The first-order valence-corrected chi connectivity index (χ1v) is 8.83. The van der Waals surface area contributed by atoms with Crippen LogP contribution in [-0.2, 0) is 11.3 Å². The van der Waals surface area contributed by atoms with Crippen LogP contribution in [0.1, 0.15) is 22.5 Å². The van der Waals surface area contributed by atoms with E-state index in [1.165, 1.54) is 11.3 Å². The SMILES string of the molecule is Nc1c(C(=O)Nc2ccccc2Cl)sc(=S)n1C[C@@H]1CCCO1. The van der Waals surface area contributed by atoms with Crippen molar-refractivity contribution >= 4 is 52.6 Å². The Morgan fingerprint density at radius 2 is 2.30 bits per heavy atom. The molecule has 1 aromatic heterocycles. The smallest absolute Gasteiger partial charge is 0.269 e. The summed E-state index contributed by atoms with van der Waals surface area (Å²) in [6.45, 7) is 1.35. The first-order chi connectivity index (χ1) is 11.1. The second kappa shape index (κ2) is 7.00. The Hall–Kier alpha value is -1.41. The lowest BCUT2D eigenvalue weighted by atomic mass is 10.2. The number of nitrogens with zero attached hydrogens (tertiary/aromatic N) is 1. The molecule has 3 rings (SSSR count). The molecule has 1 aliphatic rings. The van der Waals surface area contributed by atoms with Crippen molar-refractivity contribution in [3.8, 4) is 0 Å². The lowest BCUT2D eigenvalue weighted by molar-refractivity contribution is 0.0970. The summed E-state index contributed by atoms with van der Waals surface area (Å²) in [5.74, 6) is 0.0674. The zero-order valence-electron chi connectivity index (χ0n) is 12.3. The van der Waals surface area contributed by atoms with Gasteiger partial charge in [0.1, 0.15) is 10.7 Å². The number of nitrogen functional groups attached to an aromatic ring is 1. The third kappa shape index (κ3) is 3.58. The Bertz CT molecular complexity index is 781. The predicted molar refractivity (Wildman–Crippen MR) is 95.9 cm³/mol. The molecule has 0 aliphatic carbocycles. The second-order valence-electron chi connectivity index (χ2n) is 5.26. The molecule has 1 amide bonds. The largest absolute Gasteiger partial charge is 0.384 e. The molecule has 122 valence electrons. The summed E-state index contributed by atoms with van der Waals surface area (Å²) in [5.41, 5.74) is 6.68. The van der Waals surface area contributed by atoms with Gasteiger partial charge in [-0.15, -0.1) is 0 Å². The predicted octanol–water partition coefficient (Wildman–Crippen LogP) is 3.95. The zero-order chi connectivity index (χ0) is 16.4. The summed E-state index contributed by atoms with van der Waals surface area (Å²) in [4.78, 5) is 12.9. The molecule has 2 aromatic rings. The van der Waals surface area contributed by atoms with E-state index < -0.39 is 0 Å². The summed E-state index contributed by atoms with van der Waals surface area (Å²) in [6, 6.07) is 7.05. The molecular weight excluding hydrogens is 354 g/mol. The van der Waals surface area contributed by atoms with E-state index in [-0.39, 0.29) is 12.0 Å². The van der Waals surface area contributed by atoms with Crippen molar-refractivity contribution in [2.75, 3.05) is 17.7 Å². The topological polar surface area (TPSA) is 69.3 Å². The number of thiazole rings is 1. The van der Waals surface area contributed by atoms with Gasteiger partial charge < -0.3 is 20.4 Å². The number of hydrogen-bond donors (Lipinski definition) is 2. The van der Waals surface area contributed by atoms with Crippen molar-refractivity contribution in [3.63, 3.8) is 0 Å². The molecule has 1 atom stereocenters. The van der Waals surface area contributed by atoms with Crippen LogP contribution in [-0.4, -0.2) is 23.2 Å².